The van der Waals surface area contributed by atoms with E-state index in [9.17, 15) is 18.0 Å². The summed E-state index contributed by atoms with van der Waals surface area (Å²) in [4.78, 5) is 24.2. The number of benzene rings is 2. The average Bonchev–Trinajstić information content (AvgIpc) is 2.69. The van der Waals surface area contributed by atoms with E-state index in [1.165, 1.54) is 34.6 Å². The highest BCUT2D eigenvalue weighted by atomic mass is 32.2. The number of carbonyl (C=O) groups is 2. The molecular formula is C22H25NO5S. The highest BCUT2D eigenvalue weighted by Gasteiger charge is 2.26. The fourth-order valence-electron chi connectivity index (χ4n) is 2.40. The van der Waals surface area contributed by atoms with Gasteiger partial charge in [-0.25, -0.2) is 13.2 Å². The van der Waals surface area contributed by atoms with Crippen LogP contribution in [0.2, 0.25) is 0 Å². The highest BCUT2D eigenvalue weighted by Crippen LogP contribution is 2.24. The molecule has 2 aromatic carbocycles. The number of ether oxygens (including phenoxy) is 1. The number of sulfonamides is 1. The minimum absolute atomic E-state index is 0.0550. The summed E-state index contributed by atoms with van der Waals surface area (Å²) < 4.78 is 32.6. The number of Topliss-reactive ketones (excluding diaryl/α,β-unsaturated/α-hetero) is 1. The number of rotatable bonds is 8. The van der Waals surface area contributed by atoms with E-state index in [1.807, 2.05) is 0 Å². The van der Waals surface area contributed by atoms with Crippen molar-refractivity contribution >= 4 is 27.5 Å². The number of nitrogens with zero attached hydrogens (tertiary/aromatic N) is 1. The molecule has 0 bridgehead atoms. The Kier molecular flexibility index (Phi) is 6.97. The average molecular weight is 416 g/mol. The molecule has 0 saturated heterocycles. The maximum atomic E-state index is 13.2. The molecule has 0 heterocycles. The zero-order chi connectivity index (χ0) is 21.7. The zero-order valence-corrected chi connectivity index (χ0v) is 17.6. The Morgan fingerprint density at radius 1 is 1.07 bits per heavy atom. The van der Waals surface area contributed by atoms with Gasteiger partial charge >= 0.3 is 5.97 Å². The number of carbonyl (C=O) groups excluding carboxylic acids is 2. The summed E-state index contributed by atoms with van der Waals surface area (Å²) in [7, 11) is -3.94. The van der Waals surface area contributed by atoms with Crippen molar-refractivity contribution in [3.8, 4) is 0 Å². The van der Waals surface area contributed by atoms with Gasteiger partial charge in [-0.05, 0) is 30.3 Å². The van der Waals surface area contributed by atoms with Gasteiger partial charge in [-0.2, -0.15) is 0 Å². The van der Waals surface area contributed by atoms with Crippen LogP contribution in [0.5, 0.6) is 0 Å². The third-order valence-corrected chi connectivity index (χ3v) is 5.96. The standard InChI is InChI=1S/C22H25NO5S/c1-5-14-23(18-11-7-6-8-12-18)29(26,27)19-13-9-10-17(15-19)21(25)28-16-20(24)22(2,3)4/h5-13,15H,1,14,16H2,2-4H3. The van der Waals surface area contributed by atoms with Gasteiger partial charge in [0.25, 0.3) is 10.0 Å². The quantitative estimate of drug-likeness (QED) is 0.483. The number of ketones is 1. The van der Waals surface area contributed by atoms with Crippen LogP contribution in [0.25, 0.3) is 0 Å². The molecule has 0 fully saturated rings. The SMILES string of the molecule is C=CCN(c1ccccc1)S(=O)(=O)c1cccc(C(=O)OCC(=O)C(C)(C)C)c1. The fraction of sp³-hybridized carbons (Fsp3) is 0.273. The number of anilines is 1. The summed E-state index contributed by atoms with van der Waals surface area (Å²) in [5, 5.41) is 0. The Morgan fingerprint density at radius 2 is 1.72 bits per heavy atom. The van der Waals surface area contributed by atoms with Gasteiger partial charge in [0.2, 0.25) is 0 Å². The monoisotopic (exact) mass is 415 g/mol. The first-order valence-corrected chi connectivity index (χ1v) is 10.5. The molecule has 2 rings (SSSR count). The van der Waals surface area contributed by atoms with Crippen LogP contribution in [-0.2, 0) is 19.6 Å². The molecular weight excluding hydrogens is 390 g/mol. The van der Waals surface area contributed by atoms with Gasteiger partial charge < -0.3 is 4.74 Å². The van der Waals surface area contributed by atoms with Crippen molar-refractivity contribution < 1.29 is 22.7 Å². The summed E-state index contributed by atoms with van der Waals surface area (Å²) >= 11 is 0. The van der Waals surface area contributed by atoms with Crippen LogP contribution in [0, 0.1) is 5.41 Å². The van der Waals surface area contributed by atoms with Crippen LogP contribution in [0.3, 0.4) is 0 Å². The van der Waals surface area contributed by atoms with Gasteiger partial charge in [0, 0.05) is 5.41 Å². The topological polar surface area (TPSA) is 80.8 Å². The van der Waals surface area contributed by atoms with E-state index in [4.69, 9.17) is 4.74 Å². The first-order valence-electron chi connectivity index (χ1n) is 9.06. The minimum atomic E-state index is -3.94. The van der Waals surface area contributed by atoms with Gasteiger partial charge in [-0.15, -0.1) is 6.58 Å². The molecule has 0 N–H and O–H groups in total. The summed E-state index contributed by atoms with van der Waals surface area (Å²) in [6.45, 7) is 8.52. The second-order valence-corrected chi connectivity index (χ2v) is 9.30. The maximum Gasteiger partial charge on any atom is 0.338 e. The van der Waals surface area contributed by atoms with Crippen molar-refractivity contribution in [2.24, 2.45) is 5.41 Å². The van der Waals surface area contributed by atoms with Crippen LogP contribution in [-0.4, -0.2) is 33.3 Å². The third-order valence-electron chi connectivity index (χ3n) is 4.17. The van der Waals surface area contributed by atoms with Crippen LogP contribution >= 0.6 is 0 Å². The fourth-order valence-corrected chi connectivity index (χ4v) is 3.88. The molecule has 7 heteroatoms. The van der Waals surface area contributed by atoms with Gasteiger partial charge in [-0.3, -0.25) is 9.10 Å². The predicted octanol–water partition coefficient (Wildman–Crippen LogP) is 3.84. The predicted molar refractivity (Wildman–Crippen MR) is 112 cm³/mol. The van der Waals surface area contributed by atoms with E-state index < -0.39 is 21.4 Å². The van der Waals surface area contributed by atoms with E-state index in [1.54, 1.807) is 51.1 Å². The summed E-state index contributed by atoms with van der Waals surface area (Å²) in [5.41, 5.74) is -0.0951. The summed E-state index contributed by atoms with van der Waals surface area (Å²) in [5.74, 6) is -0.981. The molecule has 154 valence electrons. The van der Waals surface area contributed by atoms with Crippen LogP contribution in [0.4, 0.5) is 5.69 Å². The second-order valence-electron chi connectivity index (χ2n) is 7.44. The van der Waals surface area contributed by atoms with Gasteiger partial charge in [0.1, 0.15) is 0 Å². The Hall–Kier alpha value is -2.93. The molecule has 0 aliphatic heterocycles. The normalized spacial score (nSPS) is 11.6. The lowest BCUT2D eigenvalue weighted by Crippen LogP contribution is -2.31. The smallest absolute Gasteiger partial charge is 0.338 e. The first kappa shape index (κ1) is 22.4. The molecule has 29 heavy (non-hydrogen) atoms. The third kappa shape index (κ3) is 5.54. The largest absolute Gasteiger partial charge is 0.454 e. The first-order chi connectivity index (χ1) is 13.6. The number of hydrogen-bond donors (Lipinski definition) is 0. The lowest BCUT2D eigenvalue weighted by molar-refractivity contribution is -0.129. The second kappa shape index (κ2) is 9.05. The van der Waals surface area contributed by atoms with E-state index in [2.05, 4.69) is 6.58 Å². The molecule has 0 atom stereocenters. The van der Waals surface area contributed by atoms with Gasteiger partial charge in [-0.1, -0.05) is 51.1 Å². The molecule has 0 unspecified atom stereocenters. The molecule has 0 aliphatic carbocycles. The molecule has 0 spiro atoms. The van der Waals surface area contributed by atoms with E-state index in [-0.39, 0.29) is 29.4 Å². The molecule has 6 nitrogen and oxygen atoms in total. The molecule has 0 radical (unpaired) electrons. The van der Waals surface area contributed by atoms with Crippen molar-refractivity contribution in [2.75, 3.05) is 17.5 Å². The van der Waals surface area contributed by atoms with Crippen LogP contribution < -0.4 is 4.31 Å². The molecule has 0 saturated carbocycles. The van der Waals surface area contributed by atoms with Crippen molar-refractivity contribution in [1.82, 2.24) is 0 Å². The number of esters is 1. The Morgan fingerprint density at radius 3 is 2.31 bits per heavy atom. The van der Waals surface area contributed by atoms with Crippen molar-refractivity contribution in [3.63, 3.8) is 0 Å². The zero-order valence-electron chi connectivity index (χ0n) is 16.8. The Labute approximate surface area is 171 Å². The van der Waals surface area contributed by atoms with Crippen molar-refractivity contribution in [3.05, 3.63) is 72.8 Å². The summed E-state index contributed by atoms with van der Waals surface area (Å²) in [6.07, 6.45) is 1.49. The van der Waals surface area contributed by atoms with E-state index >= 15 is 0 Å². The molecule has 0 amide bonds. The molecule has 0 aromatic heterocycles. The van der Waals surface area contributed by atoms with Gasteiger partial charge in [0.15, 0.2) is 12.4 Å². The van der Waals surface area contributed by atoms with Crippen molar-refractivity contribution in [2.45, 2.75) is 25.7 Å². The lowest BCUT2D eigenvalue weighted by atomic mass is 9.91. The van der Waals surface area contributed by atoms with E-state index in [0.29, 0.717) is 5.69 Å². The minimum Gasteiger partial charge on any atom is -0.454 e. The van der Waals surface area contributed by atoms with Crippen molar-refractivity contribution in [1.29, 1.82) is 0 Å². The number of hydrogen-bond acceptors (Lipinski definition) is 5. The molecule has 2 aromatic rings. The van der Waals surface area contributed by atoms with E-state index in [0.717, 1.165) is 0 Å². The lowest BCUT2D eigenvalue weighted by Gasteiger charge is -2.23. The Bertz CT molecular complexity index is 991. The Balaban J connectivity index is 2.30. The highest BCUT2D eigenvalue weighted by molar-refractivity contribution is 7.92. The maximum absolute atomic E-state index is 13.2. The summed E-state index contributed by atoms with van der Waals surface area (Å²) in [6, 6.07) is 14.2. The number of para-hydroxylation sites is 1. The van der Waals surface area contributed by atoms with Gasteiger partial charge in [0.05, 0.1) is 22.7 Å². The van der Waals surface area contributed by atoms with Crippen LogP contribution in [0.1, 0.15) is 31.1 Å². The molecule has 0 aliphatic rings. The van der Waals surface area contributed by atoms with Crippen LogP contribution in [0.15, 0.2) is 72.1 Å².